The number of benzene rings is 2. The van der Waals surface area contributed by atoms with Crippen LogP contribution in [0.5, 0.6) is 0 Å². The van der Waals surface area contributed by atoms with E-state index in [1.54, 1.807) is 36.4 Å². The fourth-order valence-electron chi connectivity index (χ4n) is 5.91. The molecule has 16 heteroatoms. The lowest BCUT2D eigenvalue weighted by atomic mass is 9.75. The van der Waals surface area contributed by atoms with Crippen LogP contribution in [0.3, 0.4) is 0 Å². The number of hydrogen-bond donors (Lipinski definition) is 2. The van der Waals surface area contributed by atoms with Crippen molar-refractivity contribution in [2.24, 2.45) is 21.1 Å². The third kappa shape index (κ3) is 8.35. The van der Waals surface area contributed by atoms with Crippen LogP contribution in [-0.4, -0.2) is 70.5 Å². The van der Waals surface area contributed by atoms with E-state index in [1.165, 1.54) is 30.4 Å². The van der Waals surface area contributed by atoms with Gasteiger partial charge in [0.25, 0.3) is 5.91 Å². The average Bonchev–Trinajstić information content (AvgIpc) is 3.66. The first-order valence-electron chi connectivity index (χ1n) is 16.1. The van der Waals surface area contributed by atoms with Crippen molar-refractivity contribution in [2.45, 2.75) is 70.8 Å². The smallest absolute Gasteiger partial charge is 0.407 e. The summed E-state index contributed by atoms with van der Waals surface area (Å²) in [6.07, 6.45) is 4.81. The zero-order valence-electron chi connectivity index (χ0n) is 28.5. The van der Waals surface area contributed by atoms with Crippen LogP contribution in [0.1, 0.15) is 69.3 Å². The molecule has 0 unspecified atom stereocenters. The van der Waals surface area contributed by atoms with Crippen LogP contribution in [-0.2, 0) is 15.1 Å². The number of hydrogen-bond acceptors (Lipinski definition) is 8. The van der Waals surface area contributed by atoms with Gasteiger partial charge < -0.3 is 20.7 Å². The molecule has 1 aliphatic carbocycles. The summed E-state index contributed by atoms with van der Waals surface area (Å²) in [7, 11) is 1.17. The van der Waals surface area contributed by atoms with Crippen molar-refractivity contribution in [2.75, 3.05) is 13.7 Å². The molecule has 1 fully saturated rings. The molecule has 1 aliphatic heterocycles. The molecule has 1 saturated carbocycles. The molecule has 0 radical (unpaired) electrons. The van der Waals surface area contributed by atoms with Crippen molar-refractivity contribution in [3.05, 3.63) is 82.8 Å². The highest BCUT2D eigenvalue weighted by molar-refractivity contribution is 6.32. The minimum atomic E-state index is -2.83. The predicted octanol–water partition coefficient (Wildman–Crippen LogP) is 7.17. The molecule has 0 spiro atoms. The van der Waals surface area contributed by atoms with Crippen LogP contribution in [0.2, 0.25) is 5.02 Å². The van der Waals surface area contributed by atoms with Gasteiger partial charge in [0.05, 0.1) is 23.0 Å². The first-order chi connectivity index (χ1) is 24.0. The summed E-state index contributed by atoms with van der Waals surface area (Å²) in [5.74, 6) is -0.648. The van der Waals surface area contributed by atoms with Gasteiger partial charge in [0.15, 0.2) is 11.5 Å². The van der Waals surface area contributed by atoms with Gasteiger partial charge in [0.2, 0.25) is 0 Å². The first-order valence-corrected chi connectivity index (χ1v) is 16.4. The molecule has 2 atom stereocenters. The number of aliphatic imine (C=N–C) groups is 2. The Morgan fingerprint density at radius 3 is 2.45 bits per heavy atom. The highest BCUT2D eigenvalue weighted by atomic mass is 35.5. The maximum Gasteiger partial charge on any atom is 0.407 e. The normalized spacial score (nSPS) is 18.6. The molecule has 3 aromatic rings. The molecule has 2 aromatic carbocycles. The number of alkyl halides is 4. The summed E-state index contributed by atoms with van der Waals surface area (Å²) in [6, 6.07) is 10.4. The molecule has 11 nitrogen and oxygen atoms in total. The minimum absolute atomic E-state index is 0.00319. The maximum atomic E-state index is 14.9. The fraction of sp³-hybridized carbons (Fsp3) is 0.400. The third-order valence-corrected chi connectivity index (χ3v) is 8.78. The molecular weight excluding hydrogens is 692 g/mol. The lowest BCUT2D eigenvalue weighted by Gasteiger charge is -2.35. The number of nitrogens with one attached hydrogen (secondary N) is 1. The van der Waals surface area contributed by atoms with E-state index in [0.717, 1.165) is 19.0 Å². The van der Waals surface area contributed by atoms with Gasteiger partial charge in [-0.2, -0.15) is 22.7 Å². The lowest BCUT2D eigenvalue weighted by Crippen LogP contribution is -2.47. The highest BCUT2D eigenvalue weighted by Gasteiger charge is 2.53. The number of rotatable bonds is 13. The molecule has 0 bridgehead atoms. The summed E-state index contributed by atoms with van der Waals surface area (Å²) >= 11 is 6.52. The first kappa shape index (κ1) is 37.3. The van der Waals surface area contributed by atoms with Gasteiger partial charge in [-0.25, -0.2) is 14.5 Å². The summed E-state index contributed by atoms with van der Waals surface area (Å²) < 4.78 is 59.3. The monoisotopic (exact) mass is 730 g/mol. The molecule has 5 rings (SSSR count). The molecular formula is C35H39ClF4N8O3. The van der Waals surface area contributed by atoms with Gasteiger partial charge in [0.1, 0.15) is 6.61 Å². The van der Waals surface area contributed by atoms with Gasteiger partial charge in [-0.3, -0.25) is 14.7 Å². The number of nitrogens with zero attached hydrogens (tertiary/aromatic N) is 6. The summed E-state index contributed by atoms with van der Waals surface area (Å²) in [6.45, 7) is 3.39. The molecule has 272 valence electrons. The molecule has 2 amide bonds. The Morgan fingerprint density at radius 1 is 1.20 bits per heavy atom. The van der Waals surface area contributed by atoms with Gasteiger partial charge in [0, 0.05) is 36.6 Å². The summed E-state index contributed by atoms with van der Waals surface area (Å²) in [5, 5.41) is 6.62. The molecule has 51 heavy (non-hydrogen) atoms. The largest absolute Gasteiger partial charge is 0.447 e. The minimum Gasteiger partial charge on any atom is -0.447 e. The molecule has 1 aromatic heterocycles. The van der Waals surface area contributed by atoms with E-state index >= 15 is 0 Å². The van der Waals surface area contributed by atoms with Crippen LogP contribution in [0, 0.1) is 5.41 Å². The number of ether oxygens (including phenoxy) is 1. The number of carbonyl (C=O) groups excluding carboxylic acids is 2. The third-order valence-electron chi connectivity index (χ3n) is 8.45. The summed E-state index contributed by atoms with van der Waals surface area (Å²) in [4.78, 5) is 38.2. The second kappa shape index (κ2) is 14.7. The van der Waals surface area contributed by atoms with Crippen LogP contribution in [0.4, 0.5) is 22.4 Å². The van der Waals surface area contributed by atoms with Crippen LogP contribution in [0.15, 0.2) is 71.0 Å². The number of aromatic nitrogens is 2. The highest BCUT2D eigenvalue weighted by Crippen LogP contribution is 2.45. The van der Waals surface area contributed by atoms with E-state index in [4.69, 9.17) is 27.1 Å². The van der Waals surface area contributed by atoms with Gasteiger partial charge in [-0.15, -0.1) is 0 Å². The van der Waals surface area contributed by atoms with Crippen molar-refractivity contribution in [1.82, 2.24) is 24.9 Å². The van der Waals surface area contributed by atoms with Crippen molar-refractivity contribution in [3.8, 4) is 11.1 Å². The quantitative estimate of drug-likeness (QED) is 0.109. The number of guanidine groups is 1. The zero-order valence-corrected chi connectivity index (χ0v) is 29.2. The molecule has 0 saturated heterocycles. The topological polar surface area (TPSA) is 130 Å². The van der Waals surface area contributed by atoms with E-state index in [9.17, 15) is 27.2 Å². The van der Waals surface area contributed by atoms with Gasteiger partial charge in [-0.1, -0.05) is 62.7 Å². The number of nitrogens with two attached hydrogens (primary N) is 1. The van der Waals surface area contributed by atoms with E-state index in [0.29, 0.717) is 31.8 Å². The van der Waals surface area contributed by atoms with Crippen molar-refractivity contribution < 1.29 is 31.9 Å². The van der Waals surface area contributed by atoms with Crippen LogP contribution < -0.4 is 11.1 Å². The maximum absolute atomic E-state index is 14.9. The summed E-state index contributed by atoms with van der Waals surface area (Å²) in [5.41, 5.74) is 6.83. The Hall–Kier alpha value is -4.92. The number of amides is 2. The van der Waals surface area contributed by atoms with Crippen molar-refractivity contribution in [3.63, 3.8) is 0 Å². The fourth-order valence-corrected chi connectivity index (χ4v) is 6.12. The molecule has 3 N–H and O–H groups in total. The van der Waals surface area contributed by atoms with Crippen molar-refractivity contribution >= 4 is 42.0 Å². The zero-order chi connectivity index (χ0) is 37.2. The van der Waals surface area contributed by atoms with Gasteiger partial charge >= 0.3 is 19.2 Å². The van der Waals surface area contributed by atoms with E-state index in [2.05, 4.69) is 22.1 Å². The Morgan fingerprint density at radius 2 is 1.88 bits per heavy atom. The number of carbonyl (C=O) groups is 2. The number of halogens is 5. The lowest BCUT2D eigenvalue weighted by molar-refractivity contribution is -0.135. The van der Waals surface area contributed by atoms with Crippen molar-refractivity contribution in [1.29, 1.82) is 0 Å². The molecule has 2 heterocycles. The van der Waals surface area contributed by atoms with E-state index < -0.39 is 42.1 Å². The van der Waals surface area contributed by atoms with Crippen LogP contribution >= 0.6 is 11.6 Å². The SMILES string of the molecule is C=N/C(=C\N(C)C(F)F)c1cc([C@@H](COC(=O)NC2CC2)N2C(=O)[C@@](CC(C)(C)C)(c3ccc(-c4cnn(C(F)F)c4)cc3)N=C2N)ccc1Cl. The number of alkyl carbamates (subject to hydrolysis) is 1. The Kier molecular flexibility index (Phi) is 10.8. The van der Waals surface area contributed by atoms with E-state index in [1.807, 2.05) is 20.8 Å². The predicted molar refractivity (Wildman–Crippen MR) is 186 cm³/mol. The van der Waals surface area contributed by atoms with E-state index in [-0.39, 0.29) is 41.3 Å². The average molecular weight is 731 g/mol. The Bertz CT molecular complexity index is 1840. The molecule has 2 aliphatic rings. The second-order valence-electron chi connectivity index (χ2n) is 13.7. The Balaban J connectivity index is 1.57. The Labute approximate surface area is 297 Å². The van der Waals surface area contributed by atoms with Gasteiger partial charge in [-0.05, 0) is 60.2 Å². The standard InChI is InChI=1S/C35H39ClF4N8O3/c1-34(2,3)19-35(23-9-6-20(7-10-23)22-15-43-47(16-22)31(39)40)29(49)48(32(41)45-35)28(18-51-33(50)44-24-11-12-24)21-8-13-26(36)25(14-21)27(42-4)17-46(5)30(37)38/h6-10,13-17,24,28,30-31H,4,11-12,18-19H2,1-3,5H3,(H2,41,45)(H,44,50)/b27-17-/t28-,35-/m1/s1. The van der Waals surface area contributed by atoms with Crippen LogP contribution in [0.25, 0.3) is 16.8 Å². The second-order valence-corrected chi connectivity index (χ2v) is 14.1.